The molecule has 3 aromatic carbocycles. The molecular weight excluding hydrogens is 372 g/mol. The minimum Gasteiger partial charge on any atom is -0.484 e. The van der Waals surface area contributed by atoms with Crippen LogP contribution in [0.2, 0.25) is 0 Å². The molecule has 1 heterocycles. The van der Waals surface area contributed by atoms with Crippen molar-refractivity contribution >= 4 is 33.4 Å². The Bertz CT molecular complexity index is 1240. The summed E-state index contributed by atoms with van der Waals surface area (Å²) in [5, 5.41) is 5.34. The van der Waals surface area contributed by atoms with Crippen LogP contribution in [0, 0.1) is 0 Å². The first-order valence-electron chi connectivity index (χ1n) is 10.8. The monoisotopic (exact) mass is 398 g/mol. The second-order valence-corrected chi connectivity index (χ2v) is 7.97. The summed E-state index contributed by atoms with van der Waals surface area (Å²) >= 11 is 0. The van der Waals surface area contributed by atoms with Crippen LogP contribution in [-0.2, 0) is 24.2 Å². The van der Waals surface area contributed by atoms with E-state index in [2.05, 4.69) is 65.3 Å². The third kappa shape index (κ3) is 3.43. The predicted molar refractivity (Wildman–Crippen MR) is 122 cm³/mol. The van der Waals surface area contributed by atoms with Gasteiger partial charge in [0.25, 0.3) is 5.91 Å². The van der Waals surface area contributed by atoms with Gasteiger partial charge in [0.1, 0.15) is 5.75 Å². The molecule has 1 aromatic heterocycles. The maximum Gasteiger partial charge on any atom is 0.262 e. The first-order chi connectivity index (χ1) is 14.7. The lowest BCUT2D eigenvalue weighted by Crippen LogP contribution is -2.20. The van der Waals surface area contributed by atoms with E-state index < -0.39 is 0 Å². The summed E-state index contributed by atoms with van der Waals surface area (Å²) < 4.78 is 8.07. The molecule has 0 fully saturated rings. The van der Waals surface area contributed by atoms with Crippen LogP contribution < -0.4 is 10.1 Å². The fraction of sp³-hybridized carbons (Fsp3) is 0.269. The average molecular weight is 399 g/mol. The molecule has 5 rings (SSSR count). The maximum absolute atomic E-state index is 12.5. The topological polar surface area (TPSA) is 43.3 Å². The highest BCUT2D eigenvalue weighted by Crippen LogP contribution is 2.31. The Labute approximate surface area is 176 Å². The summed E-state index contributed by atoms with van der Waals surface area (Å²) in [7, 11) is 0. The Morgan fingerprint density at radius 1 is 0.933 bits per heavy atom. The molecule has 4 heteroatoms. The summed E-state index contributed by atoms with van der Waals surface area (Å²) in [6.07, 6.45) is 4.74. The second kappa shape index (κ2) is 7.86. The van der Waals surface area contributed by atoms with Crippen molar-refractivity contribution in [2.24, 2.45) is 0 Å². The molecule has 0 radical (unpaired) electrons. The molecular formula is C26H26N2O2. The SMILES string of the molecule is CCn1c2ccccc2c2cc(NC(=O)COc3ccc4c(c3)CCCC4)ccc21. The number of carbonyl (C=O) groups excluding carboxylic acids is 1. The summed E-state index contributed by atoms with van der Waals surface area (Å²) in [4.78, 5) is 12.5. The number of hydrogen-bond acceptors (Lipinski definition) is 2. The lowest BCUT2D eigenvalue weighted by atomic mass is 9.92. The van der Waals surface area contributed by atoms with Crippen molar-refractivity contribution < 1.29 is 9.53 Å². The average Bonchev–Trinajstić information content (AvgIpc) is 3.10. The molecule has 0 saturated heterocycles. The fourth-order valence-corrected chi connectivity index (χ4v) is 4.62. The van der Waals surface area contributed by atoms with Crippen LogP contribution in [0.25, 0.3) is 21.8 Å². The number of aromatic nitrogens is 1. The number of benzene rings is 3. The van der Waals surface area contributed by atoms with E-state index in [1.165, 1.54) is 40.4 Å². The molecule has 4 nitrogen and oxygen atoms in total. The number of aryl methyl sites for hydroxylation is 3. The lowest BCUT2D eigenvalue weighted by molar-refractivity contribution is -0.118. The molecule has 0 unspecified atom stereocenters. The van der Waals surface area contributed by atoms with Crippen molar-refractivity contribution in [3.63, 3.8) is 0 Å². The van der Waals surface area contributed by atoms with Crippen LogP contribution >= 0.6 is 0 Å². The van der Waals surface area contributed by atoms with Gasteiger partial charge in [0.15, 0.2) is 6.61 Å². The van der Waals surface area contributed by atoms with Gasteiger partial charge in [-0.15, -0.1) is 0 Å². The van der Waals surface area contributed by atoms with E-state index in [4.69, 9.17) is 4.74 Å². The molecule has 30 heavy (non-hydrogen) atoms. The number of amides is 1. The quantitative estimate of drug-likeness (QED) is 0.468. The second-order valence-electron chi connectivity index (χ2n) is 7.97. The predicted octanol–water partition coefficient (Wildman–Crippen LogP) is 5.71. The number of carbonyl (C=O) groups is 1. The van der Waals surface area contributed by atoms with Crippen LogP contribution in [0.4, 0.5) is 5.69 Å². The highest BCUT2D eigenvalue weighted by molar-refractivity contribution is 6.09. The van der Waals surface area contributed by atoms with E-state index >= 15 is 0 Å². The molecule has 1 aliphatic carbocycles. The molecule has 4 aromatic rings. The zero-order valence-electron chi connectivity index (χ0n) is 17.3. The smallest absolute Gasteiger partial charge is 0.262 e. The van der Waals surface area contributed by atoms with Gasteiger partial charge in [-0.05, 0) is 80.1 Å². The van der Waals surface area contributed by atoms with E-state index in [1.54, 1.807) is 0 Å². The zero-order chi connectivity index (χ0) is 20.5. The van der Waals surface area contributed by atoms with E-state index in [0.717, 1.165) is 36.2 Å². The van der Waals surface area contributed by atoms with Crippen molar-refractivity contribution in [3.05, 3.63) is 71.8 Å². The summed E-state index contributed by atoms with van der Waals surface area (Å²) in [6.45, 7) is 3.07. The number of nitrogens with one attached hydrogen (secondary N) is 1. The van der Waals surface area contributed by atoms with Crippen LogP contribution in [0.3, 0.4) is 0 Å². The Morgan fingerprint density at radius 2 is 1.73 bits per heavy atom. The van der Waals surface area contributed by atoms with Crippen LogP contribution in [0.1, 0.15) is 30.9 Å². The van der Waals surface area contributed by atoms with Gasteiger partial charge in [-0.1, -0.05) is 24.3 Å². The van der Waals surface area contributed by atoms with Gasteiger partial charge in [0.05, 0.1) is 0 Å². The Kier molecular flexibility index (Phi) is 4.91. The largest absolute Gasteiger partial charge is 0.484 e. The first-order valence-corrected chi connectivity index (χ1v) is 10.8. The van der Waals surface area contributed by atoms with Gasteiger partial charge in [-0.25, -0.2) is 0 Å². The van der Waals surface area contributed by atoms with Crippen molar-refractivity contribution in [2.45, 2.75) is 39.2 Å². The number of fused-ring (bicyclic) bond motifs is 4. The van der Waals surface area contributed by atoms with E-state index in [0.29, 0.717) is 0 Å². The van der Waals surface area contributed by atoms with Crippen LogP contribution in [0.5, 0.6) is 5.75 Å². The van der Waals surface area contributed by atoms with Gasteiger partial charge in [-0.3, -0.25) is 4.79 Å². The minimum atomic E-state index is -0.147. The molecule has 0 aliphatic heterocycles. The number of anilines is 1. The molecule has 0 saturated carbocycles. The van der Waals surface area contributed by atoms with Gasteiger partial charge in [-0.2, -0.15) is 0 Å². The Balaban J connectivity index is 1.32. The van der Waals surface area contributed by atoms with Crippen molar-refractivity contribution in [2.75, 3.05) is 11.9 Å². The summed E-state index contributed by atoms with van der Waals surface area (Å²) in [6, 6.07) is 20.7. The molecule has 1 amide bonds. The van der Waals surface area contributed by atoms with E-state index in [9.17, 15) is 4.79 Å². The molecule has 1 N–H and O–H groups in total. The number of para-hydroxylation sites is 1. The Hall–Kier alpha value is -3.27. The number of hydrogen-bond donors (Lipinski definition) is 1. The highest BCUT2D eigenvalue weighted by atomic mass is 16.5. The number of rotatable bonds is 5. The van der Waals surface area contributed by atoms with Crippen molar-refractivity contribution in [3.8, 4) is 5.75 Å². The fourth-order valence-electron chi connectivity index (χ4n) is 4.62. The number of ether oxygens (including phenoxy) is 1. The Morgan fingerprint density at radius 3 is 2.60 bits per heavy atom. The van der Waals surface area contributed by atoms with Crippen molar-refractivity contribution in [1.29, 1.82) is 0 Å². The molecule has 0 atom stereocenters. The standard InChI is InChI=1S/C26H26N2O2/c1-2-28-24-10-6-5-9-22(24)23-16-20(12-14-25(23)28)27-26(29)17-30-21-13-11-18-7-3-4-8-19(18)15-21/h5-6,9-16H,2-4,7-8,17H2,1H3,(H,27,29). The lowest BCUT2D eigenvalue weighted by Gasteiger charge is -2.16. The van der Waals surface area contributed by atoms with E-state index in [1.807, 2.05) is 12.1 Å². The molecule has 0 bridgehead atoms. The summed E-state index contributed by atoms with van der Waals surface area (Å²) in [5.74, 6) is 0.624. The molecule has 152 valence electrons. The van der Waals surface area contributed by atoms with Gasteiger partial charge in [0, 0.05) is 34.0 Å². The molecule has 1 aliphatic rings. The van der Waals surface area contributed by atoms with Crippen LogP contribution in [0.15, 0.2) is 60.7 Å². The van der Waals surface area contributed by atoms with Gasteiger partial charge in [0.2, 0.25) is 0 Å². The van der Waals surface area contributed by atoms with Gasteiger partial charge < -0.3 is 14.6 Å². The third-order valence-corrected chi connectivity index (χ3v) is 6.06. The van der Waals surface area contributed by atoms with Crippen LogP contribution in [-0.4, -0.2) is 17.1 Å². The normalized spacial score (nSPS) is 13.4. The highest BCUT2D eigenvalue weighted by Gasteiger charge is 2.13. The van der Waals surface area contributed by atoms with Crippen molar-refractivity contribution in [1.82, 2.24) is 4.57 Å². The summed E-state index contributed by atoms with van der Waals surface area (Å²) in [5.41, 5.74) is 5.96. The minimum absolute atomic E-state index is 0.00748. The van der Waals surface area contributed by atoms with Gasteiger partial charge >= 0.3 is 0 Å². The third-order valence-electron chi connectivity index (χ3n) is 6.06. The molecule has 0 spiro atoms. The number of nitrogens with zero attached hydrogens (tertiary/aromatic N) is 1. The first kappa shape index (κ1) is 18.7. The van der Waals surface area contributed by atoms with E-state index in [-0.39, 0.29) is 12.5 Å². The maximum atomic E-state index is 12.5. The zero-order valence-corrected chi connectivity index (χ0v) is 17.3.